The number of hydrogen-bond donors (Lipinski definition) is 0. The predicted octanol–water partition coefficient (Wildman–Crippen LogP) is 3.33. The second-order valence-electron chi connectivity index (χ2n) is 6.12. The average molecular weight is 372 g/mol. The molecule has 0 saturated heterocycles. The zero-order valence-electron chi connectivity index (χ0n) is 14.7. The third-order valence-corrected chi connectivity index (χ3v) is 5.13. The van der Waals surface area contributed by atoms with E-state index in [1.54, 1.807) is 22.7 Å². The zero-order valence-corrected chi connectivity index (χ0v) is 15.5. The largest absolute Gasteiger partial charge is 0.494 e. The van der Waals surface area contributed by atoms with Crippen LogP contribution in [0, 0.1) is 0 Å². The average Bonchev–Trinajstić information content (AvgIpc) is 3.34. The highest BCUT2D eigenvalue weighted by Gasteiger charge is 2.22. The summed E-state index contributed by atoms with van der Waals surface area (Å²) >= 11 is 1.56. The molecule has 0 spiro atoms. The van der Waals surface area contributed by atoms with Crippen molar-refractivity contribution in [1.29, 1.82) is 0 Å². The Morgan fingerprint density at radius 2 is 2.31 bits per heavy atom. The van der Waals surface area contributed by atoms with Gasteiger partial charge in [0.15, 0.2) is 0 Å². The van der Waals surface area contributed by atoms with Crippen LogP contribution in [0.25, 0.3) is 0 Å². The number of aromatic nitrogens is 4. The minimum Gasteiger partial charge on any atom is -0.494 e. The first kappa shape index (κ1) is 17.0. The molecule has 3 heterocycles. The van der Waals surface area contributed by atoms with Crippen LogP contribution in [-0.2, 0) is 18.7 Å². The number of benzene rings is 1. The van der Waals surface area contributed by atoms with Crippen molar-refractivity contribution >= 4 is 11.8 Å². The standard InChI is InChI=1S/C18H20N4O3S/c1-3-23-16-8-13-7-12(2)25-17(13)9-14(16)11-26-18-19-20-21-22(18)10-15-5-4-6-24-15/h4-6,8-9,12H,3,7,10-11H2,1-2H3. The fraction of sp³-hybridized carbons (Fsp3) is 0.389. The van der Waals surface area contributed by atoms with Gasteiger partial charge >= 0.3 is 0 Å². The van der Waals surface area contributed by atoms with Gasteiger partial charge in [-0.15, -0.1) is 5.10 Å². The quantitative estimate of drug-likeness (QED) is 0.589. The highest BCUT2D eigenvalue weighted by molar-refractivity contribution is 7.98. The summed E-state index contributed by atoms with van der Waals surface area (Å²) < 4.78 is 18.8. The van der Waals surface area contributed by atoms with Gasteiger partial charge in [0.05, 0.1) is 12.9 Å². The first-order valence-electron chi connectivity index (χ1n) is 8.59. The summed E-state index contributed by atoms with van der Waals surface area (Å²) in [5.74, 6) is 3.36. The molecule has 3 aromatic rings. The van der Waals surface area contributed by atoms with E-state index < -0.39 is 0 Å². The van der Waals surface area contributed by atoms with E-state index in [9.17, 15) is 0 Å². The lowest BCUT2D eigenvalue weighted by atomic mass is 10.1. The molecule has 1 unspecified atom stereocenters. The zero-order chi connectivity index (χ0) is 17.9. The highest BCUT2D eigenvalue weighted by atomic mass is 32.2. The number of thioether (sulfide) groups is 1. The van der Waals surface area contributed by atoms with Crippen LogP contribution in [0.15, 0.2) is 40.1 Å². The maximum absolute atomic E-state index is 5.89. The van der Waals surface area contributed by atoms with E-state index in [2.05, 4.69) is 34.6 Å². The summed E-state index contributed by atoms with van der Waals surface area (Å²) in [6.45, 7) is 5.21. The molecule has 0 aliphatic carbocycles. The fourth-order valence-corrected chi connectivity index (χ4v) is 3.83. The van der Waals surface area contributed by atoms with E-state index in [0.717, 1.165) is 34.4 Å². The Morgan fingerprint density at radius 3 is 3.12 bits per heavy atom. The van der Waals surface area contributed by atoms with Crippen LogP contribution in [0.1, 0.15) is 30.7 Å². The Balaban J connectivity index is 1.51. The van der Waals surface area contributed by atoms with E-state index in [-0.39, 0.29) is 6.10 Å². The van der Waals surface area contributed by atoms with Crippen LogP contribution in [0.5, 0.6) is 11.5 Å². The van der Waals surface area contributed by atoms with E-state index in [1.807, 2.05) is 19.1 Å². The lowest BCUT2D eigenvalue weighted by Gasteiger charge is -2.12. The van der Waals surface area contributed by atoms with Crippen molar-refractivity contribution in [1.82, 2.24) is 20.2 Å². The molecule has 1 aromatic carbocycles. The fourth-order valence-electron chi connectivity index (χ4n) is 2.98. The summed E-state index contributed by atoms with van der Waals surface area (Å²) in [4.78, 5) is 0. The molecule has 0 saturated carbocycles. The number of ether oxygens (including phenoxy) is 2. The molecule has 0 radical (unpaired) electrons. The van der Waals surface area contributed by atoms with Gasteiger partial charge in [-0.05, 0) is 48.5 Å². The van der Waals surface area contributed by atoms with Gasteiger partial charge < -0.3 is 13.9 Å². The maximum Gasteiger partial charge on any atom is 0.210 e. The maximum atomic E-state index is 5.89. The molecule has 26 heavy (non-hydrogen) atoms. The monoisotopic (exact) mass is 372 g/mol. The summed E-state index contributed by atoms with van der Waals surface area (Å²) in [6.07, 6.45) is 2.78. The Hall–Kier alpha value is -2.48. The molecular weight excluding hydrogens is 352 g/mol. The SMILES string of the molecule is CCOc1cc2c(cc1CSc1nnnn1Cc1ccco1)OC(C)C2. The molecule has 1 atom stereocenters. The second kappa shape index (κ2) is 7.41. The predicted molar refractivity (Wildman–Crippen MR) is 96.6 cm³/mol. The first-order chi connectivity index (χ1) is 12.7. The normalized spacial score (nSPS) is 15.7. The number of hydrogen-bond acceptors (Lipinski definition) is 7. The van der Waals surface area contributed by atoms with Crippen molar-refractivity contribution in [3.63, 3.8) is 0 Å². The summed E-state index contributed by atoms with van der Waals surface area (Å²) in [5, 5.41) is 12.7. The Kier molecular flexibility index (Phi) is 4.83. The summed E-state index contributed by atoms with van der Waals surface area (Å²) in [7, 11) is 0. The van der Waals surface area contributed by atoms with Gasteiger partial charge in [0.2, 0.25) is 5.16 Å². The van der Waals surface area contributed by atoms with Crippen LogP contribution in [0.2, 0.25) is 0 Å². The van der Waals surface area contributed by atoms with Gasteiger partial charge in [-0.25, -0.2) is 4.68 Å². The number of tetrazole rings is 1. The third kappa shape index (κ3) is 3.55. The van der Waals surface area contributed by atoms with E-state index in [4.69, 9.17) is 13.9 Å². The number of fused-ring (bicyclic) bond motifs is 1. The van der Waals surface area contributed by atoms with Crippen molar-refractivity contribution < 1.29 is 13.9 Å². The van der Waals surface area contributed by atoms with Crippen LogP contribution in [-0.4, -0.2) is 32.9 Å². The molecule has 8 heteroatoms. The van der Waals surface area contributed by atoms with Crippen molar-refractivity contribution in [2.75, 3.05) is 6.61 Å². The van der Waals surface area contributed by atoms with Crippen LogP contribution in [0.3, 0.4) is 0 Å². The van der Waals surface area contributed by atoms with Gasteiger partial charge in [0, 0.05) is 23.3 Å². The van der Waals surface area contributed by atoms with Crippen molar-refractivity contribution in [3.05, 3.63) is 47.4 Å². The number of rotatable bonds is 7. The van der Waals surface area contributed by atoms with E-state index >= 15 is 0 Å². The highest BCUT2D eigenvalue weighted by Crippen LogP contribution is 2.37. The van der Waals surface area contributed by atoms with Gasteiger partial charge in [0.25, 0.3) is 0 Å². The van der Waals surface area contributed by atoms with Crippen molar-refractivity contribution in [3.8, 4) is 11.5 Å². The Bertz CT molecular complexity index is 879. The van der Waals surface area contributed by atoms with E-state index in [0.29, 0.717) is 18.9 Å². The minimum absolute atomic E-state index is 0.211. The van der Waals surface area contributed by atoms with Crippen molar-refractivity contribution in [2.24, 2.45) is 0 Å². The molecular formula is C18H20N4O3S. The molecule has 0 amide bonds. The topological polar surface area (TPSA) is 75.2 Å². The van der Waals surface area contributed by atoms with Gasteiger partial charge in [0.1, 0.15) is 29.9 Å². The molecule has 4 rings (SSSR count). The Labute approximate surface area is 155 Å². The summed E-state index contributed by atoms with van der Waals surface area (Å²) in [6, 6.07) is 7.94. The first-order valence-corrected chi connectivity index (χ1v) is 9.58. The van der Waals surface area contributed by atoms with Gasteiger partial charge in [-0.1, -0.05) is 11.8 Å². The molecule has 2 aromatic heterocycles. The second-order valence-corrected chi connectivity index (χ2v) is 7.06. The van der Waals surface area contributed by atoms with Crippen LogP contribution in [0.4, 0.5) is 0 Å². The third-order valence-electron chi connectivity index (χ3n) is 4.12. The minimum atomic E-state index is 0.211. The summed E-state index contributed by atoms with van der Waals surface area (Å²) in [5.41, 5.74) is 2.29. The van der Waals surface area contributed by atoms with Crippen LogP contribution < -0.4 is 9.47 Å². The molecule has 136 valence electrons. The molecule has 1 aliphatic heterocycles. The lowest BCUT2D eigenvalue weighted by molar-refractivity contribution is 0.254. The smallest absolute Gasteiger partial charge is 0.210 e. The molecule has 7 nitrogen and oxygen atoms in total. The number of nitrogens with zero attached hydrogens (tertiary/aromatic N) is 4. The van der Waals surface area contributed by atoms with E-state index in [1.165, 1.54) is 5.56 Å². The molecule has 1 aliphatic rings. The van der Waals surface area contributed by atoms with Crippen molar-refractivity contribution in [2.45, 2.75) is 43.8 Å². The molecule has 0 N–H and O–H groups in total. The van der Waals surface area contributed by atoms with Crippen LogP contribution >= 0.6 is 11.8 Å². The molecule has 0 bridgehead atoms. The Morgan fingerprint density at radius 1 is 1.38 bits per heavy atom. The lowest BCUT2D eigenvalue weighted by Crippen LogP contribution is -2.05. The molecule has 0 fully saturated rings. The van der Waals surface area contributed by atoms with Gasteiger partial charge in [-0.2, -0.15) is 0 Å². The van der Waals surface area contributed by atoms with Gasteiger partial charge in [-0.3, -0.25) is 0 Å². The number of furan rings is 1.